The SMILES string of the molecule is CC1=CC2/C=C(\C)CCC(O)C(O)C(O)CC(=O)C23C(=O)NC(CC(C)C)C3C1C. The van der Waals surface area contributed by atoms with Gasteiger partial charge in [-0.05, 0) is 44.9 Å². The first kappa shape index (κ1) is 23.2. The molecule has 8 atom stereocenters. The van der Waals surface area contributed by atoms with Crippen LogP contribution in [-0.4, -0.2) is 51.4 Å². The van der Waals surface area contributed by atoms with Gasteiger partial charge in [0.2, 0.25) is 5.91 Å². The summed E-state index contributed by atoms with van der Waals surface area (Å²) in [6.45, 7) is 10.3. The standard InChI is InChI=1S/C24H37NO5/c1-12(2)8-17-21-15(5)14(4)10-16-9-13(3)6-7-18(26)22(29)19(27)11-20(28)24(16,21)23(30)25-17/h9-10,12,15-19,21-22,26-27,29H,6-8,11H2,1-5H3,(H,25,30)/b13-9+. The van der Waals surface area contributed by atoms with Crippen molar-refractivity contribution in [2.24, 2.45) is 29.1 Å². The van der Waals surface area contributed by atoms with Crippen molar-refractivity contribution in [3.05, 3.63) is 23.3 Å². The summed E-state index contributed by atoms with van der Waals surface area (Å²) in [5, 5.41) is 34.3. The summed E-state index contributed by atoms with van der Waals surface area (Å²) < 4.78 is 0. The number of nitrogens with one attached hydrogen (secondary N) is 1. The molecule has 6 nitrogen and oxygen atoms in total. The zero-order valence-corrected chi connectivity index (χ0v) is 18.8. The maximum atomic E-state index is 13.8. The Hall–Kier alpha value is -1.50. The zero-order valence-electron chi connectivity index (χ0n) is 18.8. The zero-order chi connectivity index (χ0) is 22.4. The minimum absolute atomic E-state index is 0.0411. The number of allylic oxidation sites excluding steroid dienone is 4. The minimum Gasteiger partial charge on any atom is -0.390 e. The third kappa shape index (κ3) is 3.78. The van der Waals surface area contributed by atoms with E-state index in [4.69, 9.17) is 0 Å². The van der Waals surface area contributed by atoms with Gasteiger partial charge in [0, 0.05) is 24.3 Å². The first-order chi connectivity index (χ1) is 14.0. The number of hydrogen-bond donors (Lipinski definition) is 4. The van der Waals surface area contributed by atoms with Crippen molar-refractivity contribution in [1.82, 2.24) is 5.32 Å². The molecule has 1 amide bonds. The molecule has 0 aromatic heterocycles. The lowest BCUT2D eigenvalue weighted by Crippen LogP contribution is -2.53. The van der Waals surface area contributed by atoms with Crippen molar-refractivity contribution < 1.29 is 24.9 Å². The third-order valence-electron chi connectivity index (χ3n) is 7.54. The van der Waals surface area contributed by atoms with Crippen LogP contribution >= 0.6 is 0 Å². The topological polar surface area (TPSA) is 107 Å². The van der Waals surface area contributed by atoms with Crippen LogP contribution in [0.2, 0.25) is 0 Å². The molecule has 1 spiro atoms. The van der Waals surface area contributed by atoms with E-state index in [0.29, 0.717) is 18.8 Å². The van der Waals surface area contributed by atoms with Gasteiger partial charge in [-0.2, -0.15) is 0 Å². The number of carbonyl (C=O) groups is 2. The summed E-state index contributed by atoms with van der Waals surface area (Å²) in [5.41, 5.74) is 0.834. The molecular formula is C24H37NO5. The van der Waals surface area contributed by atoms with E-state index in [0.717, 1.165) is 12.0 Å². The Labute approximate surface area is 179 Å². The number of Topliss-reactive ketones (excluding diaryl/α,β-unsaturated/α-hetero) is 1. The highest BCUT2D eigenvalue weighted by atomic mass is 16.4. The molecule has 0 saturated carbocycles. The average molecular weight is 420 g/mol. The Balaban J connectivity index is 2.18. The molecule has 30 heavy (non-hydrogen) atoms. The summed E-state index contributed by atoms with van der Waals surface area (Å²) in [6.07, 6.45) is 1.35. The molecule has 1 aliphatic heterocycles. The van der Waals surface area contributed by atoms with Crippen LogP contribution < -0.4 is 5.32 Å². The van der Waals surface area contributed by atoms with E-state index in [1.165, 1.54) is 5.57 Å². The molecule has 1 fully saturated rings. The number of aliphatic hydroxyl groups is 3. The Bertz CT molecular complexity index is 757. The largest absolute Gasteiger partial charge is 0.390 e. The van der Waals surface area contributed by atoms with Crippen molar-refractivity contribution in [2.45, 2.75) is 84.7 Å². The van der Waals surface area contributed by atoms with E-state index < -0.39 is 29.6 Å². The van der Waals surface area contributed by atoms with Crippen LogP contribution in [0.3, 0.4) is 0 Å². The van der Waals surface area contributed by atoms with Gasteiger partial charge in [-0.3, -0.25) is 9.59 Å². The fraction of sp³-hybridized carbons (Fsp3) is 0.750. The molecule has 1 heterocycles. The second-order valence-electron chi connectivity index (χ2n) is 10.1. The molecule has 8 unspecified atom stereocenters. The van der Waals surface area contributed by atoms with Gasteiger partial charge in [-0.1, -0.05) is 44.1 Å². The summed E-state index contributed by atoms with van der Waals surface area (Å²) in [6, 6.07) is -0.117. The summed E-state index contributed by atoms with van der Waals surface area (Å²) >= 11 is 0. The number of rotatable bonds is 2. The van der Waals surface area contributed by atoms with E-state index in [-0.39, 0.29) is 36.0 Å². The van der Waals surface area contributed by atoms with Gasteiger partial charge >= 0.3 is 0 Å². The number of amides is 1. The number of hydrogen-bond acceptors (Lipinski definition) is 5. The van der Waals surface area contributed by atoms with E-state index in [1.54, 1.807) is 0 Å². The van der Waals surface area contributed by atoms with Gasteiger partial charge < -0.3 is 20.6 Å². The first-order valence-electron chi connectivity index (χ1n) is 11.2. The third-order valence-corrected chi connectivity index (χ3v) is 7.54. The van der Waals surface area contributed by atoms with Crippen molar-refractivity contribution in [2.75, 3.05) is 0 Å². The lowest BCUT2D eigenvalue weighted by molar-refractivity contribution is -0.148. The molecule has 2 aliphatic carbocycles. The van der Waals surface area contributed by atoms with E-state index in [1.807, 2.05) is 19.1 Å². The van der Waals surface area contributed by atoms with Crippen LogP contribution in [0, 0.1) is 29.1 Å². The van der Waals surface area contributed by atoms with Gasteiger partial charge in [0.15, 0.2) is 5.78 Å². The monoisotopic (exact) mass is 419 g/mol. The summed E-state index contributed by atoms with van der Waals surface area (Å²) in [7, 11) is 0. The highest BCUT2D eigenvalue weighted by molar-refractivity contribution is 6.09. The molecule has 0 aromatic rings. The molecule has 3 aliphatic rings. The highest BCUT2D eigenvalue weighted by Crippen LogP contribution is 2.55. The quantitative estimate of drug-likeness (QED) is 0.405. The maximum absolute atomic E-state index is 13.8. The van der Waals surface area contributed by atoms with E-state index in [9.17, 15) is 24.9 Å². The smallest absolute Gasteiger partial charge is 0.235 e. The molecular weight excluding hydrogens is 382 g/mol. The van der Waals surface area contributed by atoms with Gasteiger partial charge in [-0.25, -0.2) is 0 Å². The van der Waals surface area contributed by atoms with Crippen LogP contribution in [0.15, 0.2) is 23.3 Å². The summed E-state index contributed by atoms with van der Waals surface area (Å²) in [4.78, 5) is 27.3. The van der Waals surface area contributed by atoms with E-state index >= 15 is 0 Å². The van der Waals surface area contributed by atoms with Crippen molar-refractivity contribution in [1.29, 1.82) is 0 Å². The fourth-order valence-electron chi connectivity index (χ4n) is 5.88. The Morgan fingerprint density at radius 3 is 2.43 bits per heavy atom. The summed E-state index contributed by atoms with van der Waals surface area (Å²) in [5.74, 6) is -0.827. The number of aliphatic hydroxyl groups excluding tert-OH is 3. The van der Waals surface area contributed by atoms with Crippen molar-refractivity contribution >= 4 is 11.7 Å². The molecule has 0 aromatic carbocycles. The molecule has 0 radical (unpaired) electrons. The predicted octanol–water partition coefficient (Wildman–Crippen LogP) is 2.13. The number of carbonyl (C=O) groups excluding carboxylic acids is 2. The second kappa shape index (κ2) is 8.56. The van der Waals surface area contributed by atoms with Crippen molar-refractivity contribution in [3.8, 4) is 0 Å². The van der Waals surface area contributed by atoms with E-state index in [2.05, 4.69) is 33.0 Å². The Morgan fingerprint density at radius 1 is 1.13 bits per heavy atom. The van der Waals surface area contributed by atoms with Gasteiger partial charge in [0.05, 0.1) is 12.2 Å². The Kier molecular flexibility index (Phi) is 6.61. The highest BCUT2D eigenvalue weighted by Gasteiger charge is 2.65. The van der Waals surface area contributed by atoms with Crippen LogP contribution in [-0.2, 0) is 9.59 Å². The van der Waals surface area contributed by atoms with Crippen molar-refractivity contribution in [3.63, 3.8) is 0 Å². The Morgan fingerprint density at radius 2 is 1.80 bits per heavy atom. The van der Waals surface area contributed by atoms with Crippen LogP contribution in [0.5, 0.6) is 0 Å². The number of ketones is 1. The van der Waals surface area contributed by atoms with Gasteiger partial charge in [-0.15, -0.1) is 0 Å². The van der Waals surface area contributed by atoms with Crippen LogP contribution in [0.1, 0.15) is 60.3 Å². The van der Waals surface area contributed by atoms with Crippen LogP contribution in [0.4, 0.5) is 0 Å². The molecule has 6 heteroatoms. The molecule has 168 valence electrons. The fourth-order valence-corrected chi connectivity index (χ4v) is 5.88. The van der Waals surface area contributed by atoms with Gasteiger partial charge in [0.25, 0.3) is 0 Å². The second-order valence-corrected chi connectivity index (χ2v) is 10.1. The average Bonchev–Trinajstić information content (AvgIpc) is 2.94. The normalized spacial score (nSPS) is 44.4. The maximum Gasteiger partial charge on any atom is 0.235 e. The minimum atomic E-state index is -1.41. The first-order valence-corrected chi connectivity index (χ1v) is 11.2. The predicted molar refractivity (Wildman–Crippen MR) is 114 cm³/mol. The lowest BCUT2D eigenvalue weighted by Gasteiger charge is -2.45. The molecule has 1 saturated heterocycles. The lowest BCUT2D eigenvalue weighted by atomic mass is 9.54. The molecule has 0 bridgehead atoms. The van der Waals surface area contributed by atoms with Gasteiger partial charge in [0.1, 0.15) is 11.5 Å². The van der Waals surface area contributed by atoms with Crippen LogP contribution in [0.25, 0.3) is 0 Å². The molecule has 4 N–H and O–H groups in total. The molecule has 3 rings (SSSR count).